The van der Waals surface area contributed by atoms with Crippen LogP contribution in [0.3, 0.4) is 0 Å². The van der Waals surface area contributed by atoms with Crippen LogP contribution in [0.1, 0.15) is 6.92 Å². The highest BCUT2D eigenvalue weighted by atomic mass is 127. The molecule has 0 atom stereocenters. The number of halogens is 2. The van der Waals surface area contributed by atoms with Crippen molar-refractivity contribution in [3.63, 3.8) is 0 Å². The van der Waals surface area contributed by atoms with Gasteiger partial charge >= 0.3 is 5.97 Å². The fraction of sp³-hybridized carbons (Fsp3) is 0.250. The maximum Gasteiger partial charge on any atom is 0.347 e. The van der Waals surface area contributed by atoms with E-state index < -0.39 is 26.7 Å². The SMILES string of the molecule is CCOC(=O)C(=Ic1ccccc1)C(=O)CCl. The Hall–Kier alpha value is -0.750. The summed E-state index contributed by atoms with van der Waals surface area (Å²) in [7, 11) is 0. The summed E-state index contributed by atoms with van der Waals surface area (Å²) >= 11 is 4.67. The fourth-order valence-corrected chi connectivity index (χ4v) is 3.67. The second kappa shape index (κ2) is 7.55. The topological polar surface area (TPSA) is 43.4 Å². The Labute approximate surface area is 115 Å². The predicted molar refractivity (Wildman–Crippen MR) is 76.5 cm³/mol. The highest BCUT2D eigenvalue weighted by molar-refractivity contribution is 14.2. The molecule has 1 rings (SSSR count). The number of esters is 1. The molecule has 0 unspecified atom stereocenters. The van der Waals surface area contributed by atoms with Crippen LogP contribution in [-0.2, 0) is 14.3 Å². The molecule has 0 spiro atoms. The van der Waals surface area contributed by atoms with Gasteiger partial charge in [-0.15, -0.1) is 11.6 Å². The average molecular weight is 367 g/mol. The van der Waals surface area contributed by atoms with Crippen molar-refractivity contribution in [2.24, 2.45) is 0 Å². The number of ether oxygens (including phenoxy) is 1. The lowest BCUT2D eigenvalue weighted by molar-refractivity contribution is -0.135. The molecule has 1 aromatic rings. The molecule has 92 valence electrons. The average Bonchev–Trinajstić information content (AvgIpc) is 2.36. The Balaban J connectivity index is 3.02. The summed E-state index contributed by atoms with van der Waals surface area (Å²) in [6, 6.07) is 9.44. The van der Waals surface area contributed by atoms with Crippen molar-refractivity contribution in [3.05, 3.63) is 33.9 Å². The zero-order chi connectivity index (χ0) is 12.7. The Kier molecular flexibility index (Phi) is 6.36. The zero-order valence-corrected chi connectivity index (χ0v) is 12.2. The summed E-state index contributed by atoms with van der Waals surface area (Å²) in [6.07, 6.45) is 0. The minimum absolute atomic E-state index is 0.180. The van der Waals surface area contributed by atoms with E-state index in [1.807, 2.05) is 30.3 Å². The molecular weight excluding hydrogens is 354 g/mol. The van der Waals surface area contributed by atoms with Gasteiger partial charge in [0.1, 0.15) is 3.51 Å². The molecule has 1 aromatic carbocycles. The molecule has 0 bridgehead atoms. The van der Waals surface area contributed by atoms with E-state index in [2.05, 4.69) is 0 Å². The van der Waals surface area contributed by atoms with Crippen LogP contribution in [0.5, 0.6) is 0 Å². The van der Waals surface area contributed by atoms with E-state index in [1.165, 1.54) is 0 Å². The van der Waals surface area contributed by atoms with Gasteiger partial charge in [-0.1, -0.05) is 38.9 Å². The summed E-state index contributed by atoms with van der Waals surface area (Å²) in [5.41, 5.74) is 0. The molecular formula is C12H12ClIO3. The molecule has 17 heavy (non-hydrogen) atoms. The minimum Gasteiger partial charge on any atom is -0.462 e. The second-order valence-electron chi connectivity index (χ2n) is 2.98. The van der Waals surface area contributed by atoms with E-state index in [1.54, 1.807) is 6.92 Å². The van der Waals surface area contributed by atoms with Gasteiger partial charge in [0.25, 0.3) is 0 Å². The van der Waals surface area contributed by atoms with Crippen LogP contribution < -0.4 is 0 Å². The van der Waals surface area contributed by atoms with E-state index in [9.17, 15) is 9.59 Å². The molecule has 0 N–H and O–H groups in total. The quantitative estimate of drug-likeness (QED) is 0.348. The van der Waals surface area contributed by atoms with Crippen molar-refractivity contribution in [3.8, 4) is 0 Å². The molecule has 0 aromatic heterocycles. The Morgan fingerprint density at radius 3 is 2.47 bits per heavy atom. The number of carbonyl (C=O) groups excluding carboxylic acids is 2. The lowest BCUT2D eigenvalue weighted by Crippen LogP contribution is -2.25. The van der Waals surface area contributed by atoms with Crippen LogP contribution in [0.2, 0.25) is 0 Å². The van der Waals surface area contributed by atoms with Crippen LogP contribution in [-0.4, -0.2) is 27.7 Å². The van der Waals surface area contributed by atoms with Crippen molar-refractivity contribution >= 4 is 47.6 Å². The van der Waals surface area contributed by atoms with Gasteiger partial charge in [-0.2, -0.15) is 0 Å². The smallest absolute Gasteiger partial charge is 0.347 e. The van der Waals surface area contributed by atoms with Gasteiger partial charge in [0, 0.05) is 3.57 Å². The van der Waals surface area contributed by atoms with E-state index >= 15 is 0 Å². The molecule has 0 saturated carbocycles. The highest BCUT2D eigenvalue weighted by Crippen LogP contribution is 2.14. The monoisotopic (exact) mass is 366 g/mol. The third-order valence-electron chi connectivity index (χ3n) is 1.76. The van der Waals surface area contributed by atoms with Crippen molar-refractivity contribution in [1.29, 1.82) is 0 Å². The van der Waals surface area contributed by atoms with E-state index in [4.69, 9.17) is 16.3 Å². The Morgan fingerprint density at radius 2 is 1.94 bits per heavy atom. The van der Waals surface area contributed by atoms with Gasteiger partial charge in [0.2, 0.25) is 0 Å². The van der Waals surface area contributed by atoms with Gasteiger partial charge in [-0.05, 0) is 19.1 Å². The standard InChI is InChI=1S/C12H12ClIO3/c1-2-17-12(16)11(10(15)8-13)14-9-6-4-3-5-7-9/h3-7H,2,8H2,1H3. The number of carbonyl (C=O) groups is 2. The van der Waals surface area contributed by atoms with Gasteiger partial charge in [-0.3, -0.25) is 4.79 Å². The maximum absolute atomic E-state index is 11.6. The second-order valence-corrected chi connectivity index (χ2v) is 6.11. The first-order valence-corrected chi connectivity index (χ1v) is 7.71. The molecule has 0 fully saturated rings. The lowest BCUT2D eigenvalue weighted by atomic mass is 10.3. The van der Waals surface area contributed by atoms with Crippen molar-refractivity contribution in [2.75, 3.05) is 12.5 Å². The normalized spacial score (nSPS) is 11.5. The molecule has 0 saturated heterocycles. The maximum atomic E-state index is 11.6. The molecule has 0 radical (unpaired) electrons. The number of hydrogen-bond acceptors (Lipinski definition) is 3. The van der Waals surface area contributed by atoms with Crippen LogP contribution in [0, 0.1) is 3.57 Å². The first-order chi connectivity index (χ1) is 8.19. The predicted octanol–water partition coefficient (Wildman–Crippen LogP) is 2.37. The summed E-state index contributed by atoms with van der Waals surface area (Å²) in [5.74, 6) is -1.04. The molecule has 0 aliphatic carbocycles. The minimum atomic E-state index is -0.830. The summed E-state index contributed by atoms with van der Waals surface area (Å²) in [5, 5.41) is 0. The Morgan fingerprint density at radius 1 is 1.29 bits per heavy atom. The number of alkyl halides is 1. The molecule has 3 nitrogen and oxygen atoms in total. The summed E-state index contributed by atoms with van der Waals surface area (Å²) in [4.78, 5) is 23.2. The Bertz CT molecular complexity index is 429. The van der Waals surface area contributed by atoms with Crippen LogP contribution in [0.15, 0.2) is 30.3 Å². The van der Waals surface area contributed by atoms with Gasteiger partial charge in [0.05, 0.1) is 12.5 Å². The molecule has 0 aliphatic heterocycles. The van der Waals surface area contributed by atoms with Gasteiger partial charge in [-0.25, -0.2) is 4.79 Å². The number of benzene rings is 1. The molecule has 5 heteroatoms. The third-order valence-corrected chi connectivity index (χ3v) is 4.92. The first-order valence-electron chi connectivity index (χ1n) is 5.02. The van der Waals surface area contributed by atoms with Crippen molar-refractivity contribution in [2.45, 2.75) is 6.92 Å². The van der Waals surface area contributed by atoms with E-state index in [-0.39, 0.29) is 21.8 Å². The van der Waals surface area contributed by atoms with Crippen LogP contribution in [0.4, 0.5) is 0 Å². The third kappa shape index (κ3) is 4.55. The fourth-order valence-electron chi connectivity index (χ4n) is 1.04. The van der Waals surface area contributed by atoms with Crippen LogP contribution >= 0.6 is 32.3 Å². The first kappa shape index (κ1) is 14.3. The largest absolute Gasteiger partial charge is 0.462 e. The van der Waals surface area contributed by atoms with E-state index in [0.717, 1.165) is 3.57 Å². The molecule has 0 heterocycles. The zero-order valence-electron chi connectivity index (χ0n) is 9.28. The molecule has 0 aliphatic rings. The van der Waals surface area contributed by atoms with Crippen molar-refractivity contribution in [1.82, 2.24) is 0 Å². The number of rotatable bonds is 5. The summed E-state index contributed by atoms with van der Waals surface area (Å²) in [6.45, 7) is 1.97. The number of ketones is 1. The van der Waals surface area contributed by atoms with Crippen molar-refractivity contribution < 1.29 is 14.3 Å². The molecule has 0 amide bonds. The van der Waals surface area contributed by atoms with Crippen LogP contribution in [0.25, 0.3) is 0 Å². The highest BCUT2D eigenvalue weighted by Gasteiger charge is 2.19. The number of Topliss-reactive ketones (excluding diaryl/α,β-unsaturated/α-hetero) is 1. The van der Waals surface area contributed by atoms with E-state index in [0.29, 0.717) is 0 Å². The summed E-state index contributed by atoms with van der Waals surface area (Å²) < 4.78 is 6.08. The lowest BCUT2D eigenvalue weighted by Gasteiger charge is -2.03. The van der Waals surface area contributed by atoms with Gasteiger partial charge < -0.3 is 4.74 Å². The van der Waals surface area contributed by atoms with Gasteiger partial charge in [0.15, 0.2) is 5.78 Å². The number of hydrogen-bond donors (Lipinski definition) is 0.